The van der Waals surface area contributed by atoms with Crippen LogP contribution in [-0.2, 0) is 9.53 Å². The Hall–Kier alpha value is -2.50. The molecule has 120 valence electrons. The Morgan fingerprint density at radius 3 is 2.13 bits per heavy atom. The number of nitrogens with zero attached hydrogens (tertiary/aromatic N) is 1. The van der Waals surface area contributed by atoms with Crippen LogP contribution in [0, 0.1) is 0 Å². The highest BCUT2D eigenvalue weighted by atomic mass is 19.4. The van der Waals surface area contributed by atoms with E-state index < -0.39 is 31.6 Å². The molecule has 1 heterocycles. The summed E-state index contributed by atoms with van der Waals surface area (Å²) in [5, 5.41) is 0. The lowest BCUT2D eigenvalue weighted by Crippen LogP contribution is -2.29. The average molecular weight is 324 g/mol. The van der Waals surface area contributed by atoms with Gasteiger partial charge in [0.15, 0.2) is 6.61 Å². The molecule has 0 radical (unpaired) electrons. The van der Waals surface area contributed by atoms with Gasteiger partial charge in [0.25, 0.3) is 0 Å². The molecule has 0 fully saturated rings. The van der Waals surface area contributed by atoms with Gasteiger partial charge in [0.2, 0.25) is 0 Å². The summed E-state index contributed by atoms with van der Waals surface area (Å²) < 4.78 is 65.2. The van der Waals surface area contributed by atoms with Crippen molar-refractivity contribution in [3.63, 3.8) is 0 Å². The molecule has 0 bridgehead atoms. The highest BCUT2D eigenvalue weighted by Gasteiger charge is 2.37. The van der Waals surface area contributed by atoms with Crippen molar-refractivity contribution in [1.82, 2.24) is 0 Å². The van der Waals surface area contributed by atoms with Crippen LogP contribution in [0.2, 0.25) is 0 Å². The van der Waals surface area contributed by atoms with E-state index in [0.717, 1.165) is 4.90 Å². The molecular formula is C17H14F3NO2. The molecule has 0 N–H and O–H groups in total. The van der Waals surface area contributed by atoms with Crippen molar-refractivity contribution in [3.8, 4) is 0 Å². The highest BCUT2D eigenvalue weighted by molar-refractivity contribution is 5.91. The number of halogens is 3. The Bertz CT molecular complexity index is 789. The summed E-state index contributed by atoms with van der Waals surface area (Å²) in [6.07, 6.45) is -4.64. The Kier molecular flexibility index (Phi) is 2.92. The molecule has 0 saturated heterocycles. The molecule has 1 aliphatic heterocycles. The summed E-state index contributed by atoms with van der Waals surface area (Å²) in [5.74, 6) is -2.21. The van der Waals surface area contributed by atoms with Gasteiger partial charge >= 0.3 is 12.1 Å². The SMILES string of the molecule is [2H]C([2H])([2H])N1c2ccccc2C(C(=O)OCC(F)(F)F)c2ccccc21. The fourth-order valence-electron chi connectivity index (χ4n) is 2.66. The van der Waals surface area contributed by atoms with Crippen LogP contribution >= 0.6 is 0 Å². The normalized spacial score (nSPS) is 16.7. The van der Waals surface area contributed by atoms with E-state index in [1.165, 1.54) is 24.3 Å². The van der Waals surface area contributed by atoms with Gasteiger partial charge in [-0.3, -0.25) is 4.79 Å². The van der Waals surface area contributed by atoms with Crippen molar-refractivity contribution >= 4 is 17.3 Å². The van der Waals surface area contributed by atoms with Gasteiger partial charge in [-0.1, -0.05) is 36.4 Å². The van der Waals surface area contributed by atoms with E-state index in [0.29, 0.717) is 0 Å². The van der Waals surface area contributed by atoms with E-state index in [2.05, 4.69) is 4.74 Å². The van der Waals surface area contributed by atoms with Crippen molar-refractivity contribution in [2.24, 2.45) is 0 Å². The maximum Gasteiger partial charge on any atom is 0.422 e. The van der Waals surface area contributed by atoms with Crippen LogP contribution in [-0.4, -0.2) is 25.7 Å². The van der Waals surface area contributed by atoms with Gasteiger partial charge in [0.05, 0.1) is 0 Å². The van der Waals surface area contributed by atoms with Gasteiger partial charge < -0.3 is 9.64 Å². The topological polar surface area (TPSA) is 29.5 Å². The fourth-order valence-corrected chi connectivity index (χ4v) is 2.66. The van der Waals surface area contributed by atoms with Gasteiger partial charge in [0.1, 0.15) is 5.92 Å². The summed E-state index contributed by atoms with van der Waals surface area (Å²) in [6, 6.07) is 12.5. The fraction of sp³-hybridized carbons (Fsp3) is 0.235. The zero-order chi connectivity index (χ0) is 19.1. The molecule has 3 nitrogen and oxygen atoms in total. The Labute approximate surface area is 135 Å². The summed E-state index contributed by atoms with van der Waals surface area (Å²) >= 11 is 0. The first-order chi connectivity index (χ1) is 12.1. The monoisotopic (exact) mass is 324 g/mol. The number of alkyl halides is 3. The zero-order valence-corrected chi connectivity index (χ0v) is 11.8. The maximum absolute atomic E-state index is 12.4. The number of hydrogen-bond acceptors (Lipinski definition) is 3. The number of carbonyl (C=O) groups is 1. The molecule has 2 aromatic rings. The maximum atomic E-state index is 12.4. The molecular weight excluding hydrogens is 307 g/mol. The van der Waals surface area contributed by atoms with Crippen molar-refractivity contribution in [3.05, 3.63) is 59.7 Å². The average Bonchev–Trinajstić information content (AvgIpc) is 2.55. The number of esters is 1. The molecule has 0 spiro atoms. The first kappa shape index (κ1) is 12.0. The standard InChI is InChI=1S/C17H14F3NO2/c1-21-13-8-4-2-6-11(13)15(12-7-3-5-9-14(12)21)16(22)23-10-17(18,19)20/h2-9,15H,10H2,1H3/i1D3. The lowest BCUT2D eigenvalue weighted by molar-refractivity contribution is -0.186. The predicted octanol–water partition coefficient (Wildman–Crippen LogP) is 4.01. The third kappa shape index (κ3) is 2.88. The number of benzene rings is 2. The molecule has 0 saturated carbocycles. The van der Waals surface area contributed by atoms with Crippen molar-refractivity contribution in [1.29, 1.82) is 0 Å². The Morgan fingerprint density at radius 2 is 1.65 bits per heavy atom. The minimum atomic E-state index is -4.64. The van der Waals surface area contributed by atoms with E-state index in [4.69, 9.17) is 4.11 Å². The quantitative estimate of drug-likeness (QED) is 0.782. The third-order valence-electron chi connectivity index (χ3n) is 3.59. The predicted molar refractivity (Wildman–Crippen MR) is 79.8 cm³/mol. The van der Waals surface area contributed by atoms with Crippen molar-refractivity contribution in [2.75, 3.05) is 18.5 Å². The summed E-state index contributed by atoms with van der Waals surface area (Å²) in [4.78, 5) is 13.5. The summed E-state index contributed by atoms with van der Waals surface area (Å²) in [7, 11) is 0. The lowest BCUT2D eigenvalue weighted by Gasteiger charge is -2.34. The highest BCUT2D eigenvalue weighted by Crippen LogP contribution is 2.44. The number of rotatable bonds is 2. The second-order valence-corrected chi connectivity index (χ2v) is 5.11. The smallest absolute Gasteiger partial charge is 0.422 e. The third-order valence-corrected chi connectivity index (χ3v) is 3.59. The lowest BCUT2D eigenvalue weighted by atomic mass is 9.85. The van der Waals surface area contributed by atoms with E-state index in [-0.39, 0.29) is 22.5 Å². The number of fused-ring (bicyclic) bond motifs is 2. The van der Waals surface area contributed by atoms with Crippen LogP contribution in [0.25, 0.3) is 0 Å². The largest absolute Gasteiger partial charge is 0.455 e. The van der Waals surface area contributed by atoms with E-state index in [1.54, 1.807) is 24.3 Å². The first-order valence-corrected chi connectivity index (χ1v) is 6.81. The molecule has 6 heteroatoms. The van der Waals surface area contributed by atoms with Crippen molar-refractivity contribution < 1.29 is 26.8 Å². The number of anilines is 2. The second kappa shape index (κ2) is 5.61. The van der Waals surface area contributed by atoms with E-state index >= 15 is 0 Å². The van der Waals surface area contributed by atoms with Crippen LogP contribution in [0.15, 0.2) is 48.5 Å². The van der Waals surface area contributed by atoms with Crippen LogP contribution in [0.4, 0.5) is 24.5 Å². The van der Waals surface area contributed by atoms with Gasteiger partial charge in [0, 0.05) is 22.5 Å². The molecule has 23 heavy (non-hydrogen) atoms. The van der Waals surface area contributed by atoms with Crippen LogP contribution in [0.1, 0.15) is 21.2 Å². The number of ether oxygens (including phenoxy) is 1. The molecule has 0 aromatic heterocycles. The molecule has 3 rings (SSSR count). The molecule has 0 amide bonds. The van der Waals surface area contributed by atoms with Crippen LogP contribution in [0.3, 0.4) is 0 Å². The molecule has 0 atom stereocenters. The minimum Gasteiger partial charge on any atom is -0.455 e. The van der Waals surface area contributed by atoms with E-state index in [1.807, 2.05) is 0 Å². The van der Waals surface area contributed by atoms with Crippen LogP contribution in [0.5, 0.6) is 0 Å². The van der Waals surface area contributed by atoms with Gasteiger partial charge in [-0.25, -0.2) is 0 Å². The van der Waals surface area contributed by atoms with Crippen LogP contribution < -0.4 is 4.90 Å². The van der Waals surface area contributed by atoms with E-state index in [9.17, 15) is 18.0 Å². The van der Waals surface area contributed by atoms with Gasteiger partial charge in [-0.15, -0.1) is 0 Å². The molecule has 0 unspecified atom stereocenters. The summed E-state index contributed by atoms with van der Waals surface area (Å²) in [5.41, 5.74) is 1.05. The van der Waals surface area contributed by atoms with Crippen molar-refractivity contribution in [2.45, 2.75) is 12.1 Å². The van der Waals surface area contributed by atoms with Gasteiger partial charge in [-0.05, 0) is 23.3 Å². The number of hydrogen-bond donors (Lipinski definition) is 0. The Balaban J connectivity index is 2.12. The summed E-state index contributed by atoms with van der Waals surface area (Å²) in [6.45, 7) is -4.23. The first-order valence-electron chi connectivity index (χ1n) is 8.31. The second-order valence-electron chi connectivity index (χ2n) is 5.11. The molecule has 1 aliphatic rings. The number of carbonyl (C=O) groups excluding carboxylic acids is 1. The minimum absolute atomic E-state index is 0.236. The molecule has 2 aromatic carbocycles. The number of para-hydroxylation sites is 2. The molecule has 0 aliphatic carbocycles. The Morgan fingerprint density at radius 1 is 1.13 bits per heavy atom. The van der Waals surface area contributed by atoms with Gasteiger partial charge in [-0.2, -0.15) is 13.2 Å². The zero-order valence-electron chi connectivity index (χ0n) is 14.8.